The van der Waals surface area contributed by atoms with E-state index in [9.17, 15) is 9.59 Å². The van der Waals surface area contributed by atoms with Gasteiger partial charge in [0.2, 0.25) is 0 Å². The smallest absolute Gasteiger partial charge is 0.169 e. The van der Waals surface area contributed by atoms with Gasteiger partial charge in [-0.15, -0.1) is 0 Å². The topological polar surface area (TPSA) is 56.8 Å². The van der Waals surface area contributed by atoms with Gasteiger partial charge in [0.25, 0.3) is 0 Å². The highest BCUT2D eigenvalue weighted by molar-refractivity contribution is 5.99. The minimum Gasteiger partial charge on any atom is -0.354 e. The monoisotopic (exact) mass is 428 g/mol. The normalized spacial score (nSPS) is 19.7. The van der Waals surface area contributed by atoms with Crippen LogP contribution in [0.2, 0.25) is 0 Å². The van der Waals surface area contributed by atoms with E-state index in [1.54, 1.807) is 6.20 Å². The Morgan fingerprint density at radius 1 is 1.00 bits per heavy atom. The van der Waals surface area contributed by atoms with Crippen LogP contribution in [0.1, 0.15) is 57.8 Å². The largest absolute Gasteiger partial charge is 0.354 e. The molecule has 0 radical (unpaired) electrons. The summed E-state index contributed by atoms with van der Waals surface area (Å²) >= 11 is 0. The lowest BCUT2D eigenvalue weighted by molar-refractivity contribution is -0.123. The number of carbonyl (C=O) groups excluding carboxylic acids is 2. The molecule has 0 aromatic carbocycles. The van der Waals surface area contributed by atoms with E-state index >= 15 is 0 Å². The molecule has 31 heavy (non-hydrogen) atoms. The zero-order valence-electron chi connectivity index (χ0n) is 20.1. The molecule has 0 spiro atoms. The Kier molecular flexibility index (Phi) is 7.87. The van der Waals surface area contributed by atoms with Gasteiger partial charge in [-0.2, -0.15) is 0 Å². The van der Waals surface area contributed by atoms with Crippen LogP contribution < -0.4 is 4.90 Å². The Morgan fingerprint density at radius 3 is 2.16 bits per heavy atom. The number of hydrogen-bond donors (Lipinski definition) is 0. The number of nitrogens with zero attached hydrogens (tertiary/aromatic N) is 4. The summed E-state index contributed by atoms with van der Waals surface area (Å²) in [6.45, 7) is 17.7. The van der Waals surface area contributed by atoms with E-state index in [4.69, 9.17) is 0 Å². The molecule has 6 nitrogen and oxygen atoms in total. The van der Waals surface area contributed by atoms with E-state index in [1.165, 1.54) is 12.8 Å². The lowest BCUT2D eigenvalue weighted by Gasteiger charge is -2.39. The molecule has 2 fully saturated rings. The molecule has 6 heteroatoms. The first-order valence-corrected chi connectivity index (χ1v) is 11.9. The summed E-state index contributed by atoms with van der Waals surface area (Å²) in [7, 11) is 0. The molecule has 3 rings (SSSR count). The minimum atomic E-state index is -0.380. The van der Waals surface area contributed by atoms with E-state index in [-0.39, 0.29) is 17.1 Å². The first-order valence-electron chi connectivity index (χ1n) is 11.9. The van der Waals surface area contributed by atoms with E-state index in [0.29, 0.717) is 17.9 Å². The summed E-state index contributed by atoms with van der Waals surface area (Å²) in [6.07, 6.45) is 4.11. The lowest BCUT2D eigenvalue weighted by Crippen LogP contribution is -2.49. The molecule has 0 bridgehead atoms. The first-order chi connectivity index (χ1) is 14.6. The molecule has 0 atom stereocenters. The van der Waals surface area contributed by atoms with Crippen LogP contribution in [-0.2, 0) is 4.79 Å². The molecule has 0 N–H and O–H groups in total. The summed E-state index contributed by atoms with van der Waals surface area (Å²) in [5, 5.41) is 0. The van der Waals surface area contributed by atoms with Crippen molar-refractivity contribution in [1.82, 2.24) is 14.8 Å². The number of Topliss-reactive ketones (excluding diaryl/α,β-unsaturated/α-hetero) is 2. The van der Waals surface area contributed by atoms with Crippen LogP contribution in [0, 0.1) is 17.3 Å². The molecular formula is C25H40N4O2. The third-order valence-corrected chi connectivity index (χ3v) is 6.63. The van der Waals surface area contributed by atoms with Gasteiger partial charge in [-0.1, -0.05) is 34.6 Å². The molecule has 2 saturated heterocycles. The molecule has 1 aromatic rings. The summed E-state index contributed by atoms with van der Waals surface area (Å²) in [5.74, 6) is 2.33. The summed E-state index contributed by atoms with van der Waals surface area (Å²) in [6, 6.07) is 3.91. The van der Waals surface area contributed by atoms with Gasteiger partial charge in [0.05, 0.1) is 6.54 Å². The lowest BCUT2D eigenvalue weighted by atomic mass is 9.87. The number of piperazine rings is 1. The molecule has 0 aliphatic carbocycles. The second-order valence-electron chi connectivity index (χ2n) is 10.6. The van der Waals surface area contributed by atoms with Gasteiger partial charge in [0.15, 0.2) is 5.78 Å². The second kappa shape index (κ2) is 10.2. The SMILES string of the molecule is CC(C)C(=O)CN1CCC(CN2CCN(c3ccc(C(=O)C(C)(C)C)cn3)CC2)CC1. The molecule has 2 aliphatic heterocycles. The Hall–Kier alpha value is -1.79. The Morgan fingerprint density at radius 2 is 1.65 bits per heavy atom. The van der Waals surface area contributed by atoms with Crippen LogP contribution in [0.5, 0.6) is 0 Å². The van der Waals surface area contributed by atoms with E-state index in [0.717, 1.165) is 57.5 Å². The highest BCUT2D eigenvalue weighted by Gasteiger charge is 2.26. The molecule has 0 unspecified atom stereocenters. The fourth-order valence-electron chi connectivity index (χ4n) is 4.40. The van der Waals surface area contributed by atoms with Crippen LogP contribution in [0.15, 0.2) is 18.3 Å². The summed E-state index contributed by atoms with van der Waals surface area (Å²) in [5.41, 5.74) is 0.311. The number of rotatable bonds is 7. The molecule has 1 aromatic heterocycles. The number of carbonyl (C=O) groups is 2. The second-order valence-corrected chi connectivity index (χ2v) is 10.6. The van der Waals surface area contributed by atoms with Gasteiger partial charge in [-0.25, -0.2) is 4.98 Å². The average Bonchev–Trinajstić information content (AvgIpc) is 2.74. The summed E-state index contributed by atoms with van der Waals surface area (Å²) < 4.78 is 0. The van der Waals surface area contributed by atoms with E-state index in [2.05, 4.69) is 19.7 Å². The molecule has 3 heterocycles. The number of anilines is 1. The third kappa shape index (κ3) is 6.59. The van der Waals surface area contributed by atoms with Crippen molar-refractivity contribution in [2.45, 2.75) is 47.5 Å². The van der Waals surface area contributed by atoms with Gasteiger partial charge in [-0.3, -0.25) is 19.4 Å². The number of pyridine rings is 1. The van der Waals surface area contributed by atoms with Crippen molar-refractivity contribution in [2.24, 2.45) is 17.3 Å². The number of likely N-dealkylation sites (tertiary alicyclic amines) is 1. The fourth-order valence-corrected chi connectivity index (χ4v) is 4.40. The predicted molar refractivity (Wildman–Crippen MR) is 126 cm³/mol. The van der Waals surface area contributed by atoms with E-state index < -0.39 is 0 Å². The molecule has 172 valence electrons. The predicted octanol–water partition coefficient (Wildman–Crippen LogP) is 3.37. The minimum absolute atomic E-state index is 0.135. The van der Waals surface area contributed by atoms with Crippen LogP contribution in [0.3, 0.4) is 0 Å². The van der Waals surface area contributed by atoms with Crippen molar-refractivity contribution >= 4 is 17.4 Å². The van der Waals surface area contributed by atoms with Gasteiger partial charge in [0.1, 0.15) is 11.6 Å². The number of piperidine rings is 1. The zero-order valence-corrected chi connectivity index (χ0v) is 20.1. The van der Waals surface area contributed by atoms with Crippen molar-refractivity contribution in [3.63, 3.8) is 0 Å². The Balaban J connectivity index is 1.41. The van der Waals surface area contributed by atoms with E-state index in [1.807, 2.05) is 46.8 Å². The van der Waals surface area contributed by atoms with Crippen molar-refractivity contribution in [3.05, 3.63) is 23.9 Å². The van der Waals surface area contributed by atoms with Crippen molar-refractivity contribution in [1.29, 1.82) is 0 Å². The van der Waals surface area contributed by atoms with Gasteiger partial charge < -0.3 is 4.90 Å². The number of aromatic nitrogens is 1. The standard InChI is InChI=1S/C25H40N4O2/c1-19(2)22(30)18-27-10-8-20(9-11-27)17-28-12-14-29(15-13-28)23-7-6-21(16-26-23)24(31)25(3,4)5/h6-7,16,19-20H,8-15,17-18H2,1-5H3. The van der Waals surface area contributed by atoms with Crippen LogP contribution in [0.4, 0.5) is 5.82 Å². The van der Waals surface area contributed by atoms with Gasteiger partial charge >= 0.3 is 0 Å². The third-order valence-electron chi connectivity index (χ3n) is 6.63. The van der Waals surface area contributed by atoms with Gasteiger partial charge in [0, 0.05) is 55.8 Å². The fraction of sp³-hybridized carbons (Fsp3) is 0.720. The van der Waals surface area contributed by atoms with Crippen molar-refractivity contribution < 1.29 is 9.59 Å². The van der Waals surface area contributed by atoms with Crippen LogP contribution >= 0.6 is 0 Å². The Bertz CT molecular complexity index is 738. The van der Waals surface area contributed by atoms with Crippen molar-refractivity contribution in [3.8, 4) is 0 Å². The Labute approximate surface area is 188 Å². The molecular weight excluding hydrogens is 388 g/mol. The molecule has 2 aliphatic rings. The van der Waals surface area contributed by atoms with Crippen LogP contribution in [-0.4, -0.2) is 78.7 Å². The number of hydrogen-bond acceptors (Lipinski definition) is 6. The quantitative estimate of drug-likeness (QED) is 0.621. The number of ketones is 2. The maximum absolute atomic E-state index is 12.4. The molecule has 0 amide bonds. The maximum Gasteiger partial charge on any atom is 0.169 e. The van der Waals surface area contributed by atoms with Crippen LogP contribution in [0.25, 0.3) is 0 Å². The maximum atomic E-state index is 12.4. The summed E-state index contributed by atoms with van der Waals surface area (Å²) in [4.78, 5) is 36.2. The van der Waals surface area contributed by atoms with Gasteiger partial charge in [-0.05, 0) is 44.0 Å². The van der Waals surface area contributed by atoms with Crippen molar-refractivity contribution in [2.75, 3.05) is 57.3 Å². The highest BCUT2D eigenvalue weighted by atomic mass is 16.1. The average molecular weight is 429 g/mol. The highest BCUT2D eigenvalue weighted by Crippen LogP contribution is 2.23. The molecule has 0 saturated carbocycles. The zero-order chi connectivity index (χ0) is 22.6. The first kappa shape index (κ1) is 23.9.